The molecule has 0 radical (unpaired) electrons. The Morgan fingerprint density at radius 3 is 2.62 bits per heavy atom. The van der Waals surface area contributed by atoms with E-state index in [-0.39, 0.29) is 0 Å². The molecule has 0 amide bonds. The highest BCUT2D eigenvalue weighted by molar-refractivity contribution is 5.30. The van der Waals surface area contributed by atoms with Gasteiger partial charge >= 0.3 is 0 Å². The van der Waals surface area contributed by atoms with Gasteiger partial charge in [-0.3, -0.25) is 4.90 Å². The number of piperidine rings is 1. The maximum Gasteiger partial charge on any atom is 0.203 e. The van der Waals surface area contributed by atoms with Gasteiger partial charge in [0.05, 0.1) is 5.69 Å². The summed E-state index contributed by atoms with van der Waals surface area (Å²) in [6.45, 7) is 7.97. The number of hydrogen-bond acceptors (Lipinski definition) is 3. The van der Waals surface area contributed by atoms with E-state index < -0.39 is 0 Å². The second-order valence-electron chi connectivity index (χ2n) is 6.88. The number of aryl methyl sites for hydroxylation is 1. The van der Waals surface area contributed by atoms with Crippen molar-refractivity contribution < 1.29 is 0 Å². The summed E-state index contributed by atoms with van der Waals surface area (Å²) in [7, 11) is 0. The molecular weight excluding hydrogens is 260 g/mol. The van der Waals surface area contributed by atoms with Crippen LogP contribution in [0.15, 0.2) is 6.20 Å². The topological polar surface area (TPSA) is 33.1 Å². The fraction of sp³-hybridized carbons (Fsp3) is 0.824. The number of nitrogens with one attached hydrogen (secondary N) is 1. The van der Waals surface area contributed by atoms with E-state index in [1.54, 1.807) is 0 Å². The molecule has 1 aliphatic carbocycles. The minimum atomic E-state index is 0.597. The summed E-state index contributed by atoms with van der Waals surface area (Å²) in [5.74, 6) is 1.09. The Kier molecular flexibility index (Phi) is 4.84. The summed E-state index contributed by atoms with van der Waals surface area (Å²) in [6.07, 6.45) is 11.7. The lowest BCUT2D eigenvalue weighted by Gasteiger charge is -2.32. The zero-order chi connectivity index (χ0) is 14.7. The highest BCUT2D eigenvalue weighted by Gasteiger charge is 2.21. The number of rotatable bonds is 5. The maximum atomic E-state index is 4.71. The maximum absolute atomic E-state index is 4.71. The van der Waals surface area contributed by atoms with Crippen LogP contribution in [0.3, 0.4) is 0 Å². The standard InChI is InChI=1S/C17H30N4/c1-14-13-21(16-8-4-5-9-16)17(19-14)18-12-15(2)20-10-6-3-7-11-20/h13,15-16H,3-12H2,1-2H3,(H,18,19). The Balaban J connectivity index is 1.59. The molecule has 1 unspecified atom stereocenters. The zero-order valence-corrected chi connectivity index (χ0v) is 13.6. The monoisotopic (exact) mass is 290 g/mol. The van der Waals surface area contributed by atoms with Crippen LogP contribution >= 0.6 is 0 Å². The highest BCUT2D eigenvalue weighted by Crippen LogP contribution is 2.32. The van der Waals surface area contributed by atoms with Gasteiger partial charge in [0.2, 0.25) is 5.95 Å². The van der Waals surface area contributed by atoms with Crippen molar-refractivity contribution >= 4 is 5.95 Å². The van der Waals surface area contributed by atoms with Gasteiger partial charge in [-0.2, -0.15) is 0 Å². The fourth-order valence-corrected chi connectivity index (χ4v) is 3.83. The van der Waals surface area contributed by atoms with E-state index in [1.165, 1.54) is 58.0 Å². The quantitative estimate of drug-likeness (QED) is 0.899. The van der Waals surface area contributed by atoms with Crippen molar-refractivity contribution in [1.29, 1.82) is 0 Å². The molecule has 1 aliphatic heterocycles. The summed E-state index contributed by atoms with van der Waals surface area (Å²) < 4.78 is 2.39. The minimum absolute atomic E-state index is 0.597. The Hall–Kier alpha value is -1.03. The van der Waals surface area contributed by atoms with Gasteiger partial charge in [0.1, 0.15) is 0 Å². The lowest BCUT2D eigenvalue weighted by Crippen LogP contribution is -2.41. The lowest BCUT2D eigenvalue weighted by molar-refractivity contribution is 0.180. The molecule has 1 aromatic rings. The largest absolute Gasteiger partial charge is 0.354 e. The molecule has 1 aromatic heterocycles. The van der Waals surface area contributed by atoms with Crippen LogP contribution in [-0.4, -0.2) is 40.1 Å². The molecule has 4 heteroatoms. The van der Waals surface area contributed by atoms with Crippen molar-refractivity contribution in [3.8, 4) is 0 Å². The molecule has 1 saturated heterocycles. The third-order valence-corrected chi connectivity index (χ3v) is 5.14. The van der Waals surface area contributed by atoms with Crippen LogP contribution in [0.1, 0.15) is 63.6 Å². The van der Waals surface area contributed by atoms with Crippen LogP contribution in [0.2, 0.25) is 0 Å². The van der Waals surface area contributed by atoms with Crippen molar-refractivity contribution in [1.82, 2.24) is 14.5 Å². The molecule has 1 N–H and O–H groups in total. The molecule has 2 fully saturated rings. The van der Waals surface area contributed by atoms with Crippen LogP contribution in [0.5, 0.6) is 0 Å². The van der Waals surface area contributed by atoms with E-state index in [0.29, 0.717) is 12.1 Å². The highest BCUT2D eigenvalue weighted by atomic mass is 15.2. The summed E-state index contributed by atoms with van der Waals surface area (Å²) in [6, 6.07) is 1.26. The first-order chi connectivity index (χ1) is 10.2. The van der Waals surface area contributed by atoms with E-state index in [4.69, 9.17) is 4.98 Å². The van der Waals surface area contributed by atoms with Gasteiger partial charge in [0, 0.05) is 24.8 Å². The van der Waals surface area contributed by atoms with Crippen LogP contribution < -0.4 is 5.32 Å². The zero-order valence-electron chi connectivity index (χ0n) is 13.6. The third-order valence-electron chi connectivity index (χ3n) is 5.14. The van der Waals surface area contributed by atoms with E-state index in [2.05, 4.69) is 34.8 Å². The van der Waals surface area contributed by atoms with Gasteiger partial charge in [-0.05, 0) is 52.6 Å². The minimum Gasteiger partial charge on any atom is -0.354 e. The molecule has 4 nitrogen and oxygen atoms in total. The van der Waals surface area contributed by atoms with E-state index in [9.17, 15) is 0 Å². The number of aromatic nitrogens is 2. The summed E-state index contributed by atoms with van der Waals surface area (Å²) in [4.78, 5) is 7.32. The Morgan fingerprint density at radius 1 is 1.19 bits per heavy atom. The predicted octanol–water partition coefficient (Wildman–Crippen LogP) is 3.59. The van der Waals surface area contributed by atoms with Gasteiger partial charge in [-0.1, -0.05) is 19.3 Å². The summed E-state index contributed by atoms with van der Waals surface area (Å²) in [5.41, 5.74) is 1.13. The molecule has 2 aliphatic rings. The van der Waals surface area contributed by atoms with E-state index >= 15 is 0 Å². The van der Waals surface area contributed by atoms with Crippen LogP contribution in [0.4, 0.5) is 5.95 Å². The van der Waals surface area contributed by atoms with E-state index in [1.807, 2.05) is 0 Å². The van der Waals surface area contributed by atoms with E-state index in [0.717, 1.165) is 18.2 Å². The third kappa shape index (κ3) is 3.60. The molecule has 118 valence electrons. The molecule has 0 spiro atoms. The van der Waals surface area contributed by atoms with Crippen LogP contribution in [0.25, 0.3) is 0 Å². The molecule has 1 saturated carbocycles. The van der Waals surface area contributed by atoms with Crippen molar-refractivity contribution in [3.63, 3.8) is 0 Å². The average Bonchev–Trinajstić information content (AvgIpc) is 3.14. The molecule has 0 aromatic carbocycles. The first kappa shape index (κ1) is 14.9. The molecule has 0 bridgehead atoms. The number of anilines is 1. The van der Waals surface area contributed by atoms with Crippen molar-refractivity contribution in [2.75, 3.05) is 25.0 Å². The Morgan fingerprint density at radius 2 is 1.90 bits per heavy atom. The first-order valence-corrected chi connectivity index (χ1v) is 8.77. The second kappa shape index (κ2) is 6.82. The molecule has 1 atom stereocenters. The SMILES string of the molecule is Cc1cn(C2CCCC2)c(NCC(C)N2CCCCC2)n1. The Labute approximate surface area is 128 Å². The molecular formula is C17H30N4. The molecule has 2 heterocycles. The van der Waals surface area contributed by atoms with Crippen molar-refractivity contribution in [3.05, 3.63) is 11.9 Å². The second-order valence-corrected chi connectivity index (χ2v) is 6.88. The lowest BCUT2D eigenvalue weighted by atomic mass is 10.1. The van der Waals surface area contributed by atoms with Crippen LogP contribution in [0, 0.1) is 6.92 Å². The predicted molar refractivity (Wildman–Crippen MR) is 87.8 cm³/mol. The van der Waals surface area contributed by atoms with Crippen molar-refractivity contribution in [2.45, 2.75) is 70.9 Å². The van der Waals surface area contributed by atoms with Gasteiger partial charge in [0.25, 0.3) is 0 Å². The van der Waals surface area contributed by atoms with Gasteiger partial charge in [-0.15, -0.1) is 0 Å². The number of hydrogen-bond donors (Lipinski definition) is 1. The van der Waals surface area contributed by atoms with Crippen molar-refractivity contribution in [2.24, 2.45) is 0 Å². The Bertz CT molecular complexity index is 442. The average molecular weight is 290 g/mol. The molecule has 3 rings (SSSR count). The summed E-state index contributed by atoms with van der Waals surface area (Å²) >= 11 is 0. The number of likely N-dealkylation sites (tertiary alicyclic amines) is 1. The van der Waals surface area contributed by atoms with Crippen LogP contribution in [-0.2, 0) is 0 Å². The number of imidazole rings is 1. The molecule has 21 heavy (non-hydrogen) atoms. The summed E-state index contributed by atoms with van der Waals surface area (Å²) in [5, 5.41) is 3.62. The van der Waals surface area contributed by atoms with Gasteiger partial charge in [-0.25, -0.2) is 4.98 Å². The smallest absolute Gasteiger partial charge is 0.203 e. The fourth-order valence-electron chi connectivity index (χ4n) is 3.83. The van der Waals surface area contributed by atoms with Gasteiger partial charge in [0.15, 0.2) is 0 Å². The number of nitrogens with zero attached hydrogens (tertiary/aromatic N) is 3. The normalized spacial score (nSPS) is 22.6. The van der Waals surface area contributed by atoms with Gasteiger partial charge < -0.3 is 9.88 Å². The first-order valence-electron chi connectivity index (χ1n) is 8.77.